The van der Waals surface area contributed by atoms with Crippen molar-refractivity contribution in [1.82, 2.24) is 0 Å². The first kappa shape index (κ1) is 13.7. The molecule has 3 aliphatic carbocycles. The molecule has 0 unspecified atom stereocenters. The van der Waals surface area contributed by atoms with Crippen molar-refractivity contribution in [2.24, 2.45) is 23.2 Å². The molecule has 0 amide bonds. The average Bonchev–Trinajstić information content (AvgIpc) is 2.45. The van der Waals surface area contributed by atoms with Crippen LogP contribution in [0.5, 0.6) is 0 Å². The number of rotatable bonds is 2. The smallest absolute Gasteiger partial charge is 0.0651 e. The van der Waals surface area contributed by atoms with Gasteiger partial charge in [-0.2, -0.15) is 0 Å². The first-order chi connectivity index (χ1) is 9.63. The van der Waals surface area contributed by atoms with Crippen molar-refractivity contribution in [3.05, 3.63) is 0 Å². The normalized spacial score (nSPS) is 49.6. The van der Waals surface area contributed by atoms with E-state index in [2.05, 4.69) is 20.8 Å². The fourth-order valence-electron chi connectivity index (χ4n) is 7.44. The molecule has 0 spiro atoms. The summed E-state index contributed by atoms with van der Waals surface area (Å²) in [5.74, 6) is 6.58. The van der Waals surface area contributed by atoms with Crippen LogP contribution in [0.4, 0.5) is 0 Å². The van der Waals surface area contributed by atoms with E-state index in [0.717, 1.165) is 41.9 Å². The molecule has 0 aromatic heterocycles. The molecule has 0 radical (unpaired) electrons. The minimum atomic E-state index is 0.682. The van der Waals surface area contributed by atoms with Crippen LogP contribution in [0.25, 0.3) is 0 Å². The summed E-state index contributed by atoms with van der Waals surface area (Å²) in [5, 5.41) is 0. The molecule has 2 saturated heterocycles. The highest BCUT2D eigenvalue weighted by Gasteiger charge is 2.60. The minimum absolute atomic E-state index is 0.682. The summed E-state index contributed by atoms with van der Waals surface area (Å²) in [6.45, 7) is 8.79. The minimum Gasteiger partial charge on any atom is -0.0651 e. The number of fused-ring (bicyclic) bond motifs is 5. The third-order valence-corrected chi connectivity index (χ3v) is 8.52. The number of hydrogen-bond donors (Lipinski definition) is 0. The van der Waals surface area contributed by atoms with E-state index in [1.54, 1.807) is 51.4 Å². The van der Waals surface area contributed by atoms with Crippen molar-refractivity contribution < 1.29 is 0 Å². The Balaban J connectivity index is 1.59. The lowest BCUT2D eigenvalue weighted by Gasteiger charge is -2.65. The Morgan fingerprint density at radius 1 is 0.950 bits per heavy atom. The molecule has 0 nitrogen and oxygen atoms in total. The number of hydrogen-bond acceptors (Lipinski definition) is 0. The Morgan fingerprint density at radius 3 is 2.05 bits per heavy atom. The third-order valence-electron chi connectivity index (χ3n) is 8.52. The quantitative estimate of drug-likeness (QED) is 0.536. The highest BCUT2D eigenvalue weighted by atomic mass is 14.6. The Morgan fingerprint density at radius 2 is 1.55 bits per heavy atom. The van der Waals surface area contributed by atoms with E-state index >= 15 is 0 Å². The van der Waals surface area contributed by atoms with Gasteiger partial charge in [-0.1, -0.05) is 89.6 Å². The fourth-order valence-corrected chi connectivity index (χ4v) is 7.44. The van der Waals surface area contributed by atoms with Crippen molar-refractivity contribution in [2.75, 3.05) is 0 Å². The molecule has 0 aromatic carbocycles. The Bertz CT molecular complexity index is 352. The molecule has 0 aromatic rings. The van der Waals surface area contributed by atoms with Crippen LogP contribution < -0.4 is 0 Å². The van der Waals surface area contributed by atoms with E-state index in [0.29, 0.717) is 5.41 Å². The van der Waals surface area contributed by atoms with Crippen LogP contribution in [0.1, 0.15) is 78.6 Å². The SMILES string of the molecule is CC[C@@H]1[C@H]2C[C@@H](C[C@H]1B1C3CCCC1CCC3)C2(C)C. The van der Waals surface area contributed by atoms with Gasteiger partial charge in [-0.25, -0.2) is 0 Å². The predicted octanol–water partition coefficient (Wildman–Crippen LogP) is 6.05. The molecule has 3 saturated carbocycles. The van der Waals surface area contributed by atoms with E-state index < -0.39 is 0 Å². The van der Waals surface area contributed by atoms with E-state index in [4.69, 9.17) is 0 Å². The van der Waals surface area contributed by atoms with Gasteiger partial charge in [0.05, 0.1) is 0 Å². The molecule has 4 bridgehead atoms. The molecule has 2 heterocycles. The van der Waals surface area contributed by atoms with Crippen molar-refractivity contribution in [3.63, 3.8) is 0 Å². The Labute approximate surface area is 126 Å². The lowest BCUT2D eigenvalue weighted by atomic mass is 9.18. The van der Waals surface area contributed by atoms with Crippen LogP contribution in [0.15, 0.2) is 0 Å². The summed E-state index contributed by atoms with van der Waals surface area (Å²) >= 11 is 0. The van der Waals surface area contributed by atoms with Gasteiger partial charge in [0, 0.05) is 0 Å². The second-order valence-corrected chi connectivity index (χ2v) is 9.29. The summed E-state index contributed by atoms with van der Waals surface area (Å²) in [7, 11) is 0. The maximum absolute atomic E-state index is 2.58. The molecule has 0 N–H and O–H groups in total. The second-order valence-electron chi connectivity index (χ2n) is 9.29. The molecule has 1 heteroatoms. The van der Waals surface area contributed by atoms with Crippen LogP contribution >= 0.6 is 0 Å². The summed E-state index contributed by atoms with van der Waals surface area (Å²) in [6.07, 6.45) is 14.0. The molecule has 4 atom stereocenters. The summed E-state index contributed by atoms with van der Waals surface area (Å²) in [6, 6.07) is 0. The van der Waals surface area contributed by atoms with Gasteiger partial charge in [-0.05, 0) is 29.6 Å². The first-order valence-electron chi connectivity index (χ1n) is 9.63. The van der Waals surface area contributed by atoms with Crippen molar-refractivity contribution in [3.8, 4) is 0 Å². The first-order valence-corrected chi connectivity index (χ1v) is 9.63. The van der Waals surface area contributed by atoms with Gasteiger partial charge in [0.1, 0.15) is 6.71 Å². The van der Waals surface area contributed by atoms with Gasteiger partial charge in [0.15, 0.2) is 0 Å². The van der Waals surface area contributed by atoms with E-state index in [-0.39, 0.29) is 0 Å². The van der Waals surface area contributed by atoms with E-state index in [9.17, 15) is 0 Å². The average molecular weight is 272 g/mol. The Kier molecular flexibility index (Phi) is 3.28. The predicted molar refractivity (Wildman–Crippen MR) is 88.5 cm³/mol. The zero-order valence-electron chi connectivity index (χ0n) is 13.9. The molecule has 112 valence electrons. The van der Waals surface area contributed by atoms with Crippen LogP contribution in [-0.4, -0.2) is 6.71 Å². The summed E-state index contributed by atoms with van der Waals surface area (Å²) in [4.78, 5) is 0. The topological polar surface area (TPSA) is 0 Å². The maximum Gasteiger partial charge on any atom is 0.149 e. The molecule has 5 rings (SSSR count). The molecule has 5 aliphatic rings. The summed E-state index contributed by atoms with van der Waals surface area (Å²) in [5.41, 5.74) is 0.682. The van der Waals surface area contributed by atoms with E-state index in [1.807, 2.05) is 0 Å². The second kappa shape index (κ2) is 4.78. The highest BCUT2D eigenvalue weighted by Crippen LogP contribution is 2.68. The van der Waals surface area contributed by atoms with Gasteiger partial charge in [-0.3, -0.25) is 0 Å². The molecule has 5 fully saturated rings. The Hall–Kier alpha value is 0.0649. The molecule has 2 aliphatic heterocycles. The standard InChI is InChI=1S/C19H33B/c1-4-16-17-11-13(19(17,2)3)12-18(16)20-14-7-5-8-15(20)10-6-9-14/h13-18H,4-12H2,1-3H3/t13-,14?,15?,16+,17+,18+/m0/s1. The van der Waals surface area contributed by atoms with Crippen LogP contribution in [0.2, 0.25) is 17.5 Å². The largest absolute Gasteiger partial charge is 0.149 e. The lowest BCUT2D eigenvalue weighted by molar-refractivity contribution is -0.106. The van der Waals surface area contributed by atoms with Gasteiger partial charge in [-0.15, -0.1) is 0 Å². The zero-order chi connectivity index (χ0) is 13.9. The van der Waals surface area contributed by atoms with E-state index in [1.165, 1.54) is 6.42 Å². The van der Waals surface area contributed by atoms with Crippen molar-refractivity contribution in [2.45, 2.75) is 96.0 Å². The van der Waals surface area contributed by atoms with Crippen molar-refractivity contribution >= 4 is 6.71 Å². The van der Waals surface area contributed by atoms with Gasteiger partial charge in [0.2, 0.25) is 0 Å². The van der Waals surface area contributed by atoms with Crippen LogP contribution in [-0.2, 0) is 0 Å². The monoisotopic (exact) mass is 272 g/mol. The lowest BCUT2D eigenvalue weighted by Crippen LogP contribution is -2.58. The van der Waals surface area contributed by atoms with Gasteiger partial charge < -0.3 is 0 Å². The fraction of sp³-hybridized carbons (Fsp3) is 1.00. The van der Waals surface area contributed by atoms with Gasteiger partial charge in [0.25, 0.3) is 0 Å². The van der Waals surface area contributed by atoms with Crippen molar-refractivity contribution in [1.29, 1.82) is 0 Å². The van der Waals surface area contributed by atoms with Crippen LogP contribution in [0.3, 0.4) is 0 Å². The third kappa shape index (κ3) is 1.80. The molecular weight excluding hydrogens is 239 g/mol. The maximum atomic E-state index is 2.58. The highest BCUT2D eigenvalue weighted by molar-refractivity contribution is 6.64. The molecular formula is C19H33B. The zero-order valence-corrected chi connectivity index (χ0v) is 13.9. The van der Waals surface area contributed by atoms with Gasteiger partial charge >= 0.3 is 0 Å². The summed E-state index contributed by atoms with van der Waals surface area (Å²) < 4.78 is 0. The van der Waals surface area contributed by atoms with Crippen LogP contribution in [0, 0.1) is 23.2 Å². The molecule has 20 heavy (non-hydrogen) atoms.